The number of thioether (sulfide) groups is 1. The van der Waals surface area contributed by atoms with E-state index in [0.29, 0.717) is 0 Å². The minimum absolute atomic E-state index is 0.820. The molecule has 1 rings (SSSR count). The molecule has 0 saturated carbocycles. The molecule has 0 aliphatic heterocycles. The fourth-order valence-electron chi connectivity index (χ4n) is 1.81. The molecule has 0 amide bonds. The van der Waals surface area contributed by atoms with Crippen LogP contribution in [0.1, 0.15) is 67.0 Å². The smallest absolute Gasteiger partial charge is 0.187 e. The van der Waals surface area contributed by atoms with Crippen LogP contribution in [0, 0.1) is 0 Å². The van der Waals surface area contributed by atoms with E-state index in [4.69, 9.17) is 9.72 Å². The number of nitrogens with one attached hydrogen (secondary N) is 1. The highest BCUT2D eigenvalue weighted by Crippen LogP contribution is 2.36. The molecule has 0 aliphatic carbocycles. The fraction of sp³-hybridized carbons (Fsp3) is 0.435. The summed E-state index contributed by atoms with van der Waals surface area (Å²) in [6.45, 7) is 18.5. The van der Waals surface area contributed by atoms with Crippen molar-refractivity contribution in [3.05, 3.63) is 63.9 Å². The van der Waals surface area contributed by atoms with Gasteiger partial charge in [0.25, 0.3) is 0 Å². The van der Waals surface area contributed by atoms with Crippen molar-refractivity contribution in [1.82, 2.24) is 4.98 Å². The van der Waals surface area contributed by atoms with Gasteiger partial charge in [-0.25, -0.2) is 4.98 Å². The van der Waals surface area contributed by atoms with Gasteiger partial charge in [0.15, 0.2) is 5.13 Å². The van der Waals surface area contributed by atoms with Crippen molar-refractivity contribution in [3.8, 4) is 0 Å². The van der Waals surface area contributed by atoms with Crippen LogP contribution in [0.2, 0.25) is 0 Å². The third-order valence-corrected chi connectivity index (χ3v) is 5.40. The van der Waals surface area contributed by atoms with Crippen LogP contribution >= 0.6 is 23.1 Å². The van der Waals surface area contributed by atoms with E-state index in [1.54, 1.807) is 30.2 Å². The van der Waals surface area contributed by atoms with Gasteiger partial charge in [-0.3, -0.25) is 0 Å². The second-order valence-electron chi connectivity index (χ2n) is 6.27. The molecule has 3 nitrogen and oxygen atoms in total. The number of nitrogens with zero attached hydrogens (tertiary/aromatic N) is 1. The summed E-state index contributed by atoms with van der Waals surface area (Å²) in [5.74, 6) is 0.820. The van der Waals surface area contributed by atoms with Crippen LogP contribution in [0.5, 0.6) is 0 Å². The molecular weight excluding hydrogens is 384 g/mol. The maximum absolute atomic E-state index is 5.23. The first kappa shape index (κ1) is 26.3. The third-order valence-electron chi connectivity index (χ3n) is 3.48. The lowest BCUT2D eigenvalue weighted by Gasteiger charge is -2.07. The van der Waals surface area contributed by atoms with Crippen LogP contribution in [0.3, 0.4) is 0 Å². The van der Waals surface area contributed by atoms with E-state index >= 15 is 0 Å². The van der Waals surface area contributed by atoms with Gasteiger partial charge in [-0.15, -0.1) is 11.3 Å². The molecule has 28 heavy (non-hydrogen) atoms. The highest BCUT2D eigenvalue weighted by molar-refractivity contribution is 8.11. The van der Waals surface area contributed by atoms with Gasteiger partial charge in [0.05, 0.1) is 12.8 Å². The SMILES string of the molecule is C=C(C)SC(=C(C)C)c1csc(NC(/C=C\C(=C/C)OC)=C\C)n1.CCCC. The van der Waals surface area contributed by atoms with Gasteiger partial charge in [0.2, 0.25) is 0 Å². The minimum Gasteiger partial charge on any atom is -0.497 e. The zero-order chi connectivity index (χ0) is 21.5. The lowest BCUT2D eigenvalue weighted by Crippen LogP contribution is -1.97. The summed E-state index contributed by atoms with van der Waals surface area (Å²) in [5, 5.41) is 6.28. The van der Waals surface area contributed by atoms with Crippen LogP contribution in [-0.4, -0.2) is 12.1 Å². The molecule has 1 aromatic rings. The monoisotopic (exact) mass is 420 g/mol. The number of thiazole rings is 1. The minimum atomic E-state index is 0.820. The van der Waals surface area contributed by atoms with Crippen molar-refractivity contribution in [1.29, 1.82) is 0 Å². The molecule has 1 N–H and O–H groups in total. The van der Waals surface area contributed by atoms with Crippen LogP contribution < -0.4 is 5.32 Å². The highest BCUT2D eigenvalue weighted by atomic mass is 32.2. The normalized spacial score (nSPS) is 11.7. The molecule has 0 spiro atoms. The van der Waals surface area contributed by atoms with Gasteiger partial charge in [-0.05, 0) is 57.8 Å². The molecule has 1 heterocycles. The summed E-state index contributed by atoms with van der Waals surface area (Å²) >= 11 is 3.26. The number of hydrogen-bond acceptors (Lipinski definition) is 5. The maximum atomic E-state index is 5.23. The van der Waals surface area contributed by atoms with Crippen molar-refractivity contribution in [2.75, 3.05) is 12.4 Å². The molecule has 0 bridgehead atoms. The summed E-state index contributed by atoms with van der Waals surface area (Å²) in [4.78, 5) is 6.93. The second kappa shape index (κ2) is 15.2. The number of aromatic nitrogens is 1. The van der Waals surface area contributed by atoms with E-state index in [9.17, 15) is 0 Å². The molecule has 0 aromatic carbocycles. The summed E-state index contributed by atoms with van der Waals surface area (Å²) in [6, 6.07) is 0. The Labute approximate surface area is 180 Å². The van der Waals surface area contributed by atoms with Crippen LogP contribution in [0.15, 0.2) is 58.2 Å². The summed E-state index contributed by atoms with van der Waals surface area (Å²) < 4.78 is 5.23. The van der Waals surface area contributed by atoms with Gasteiger partial charge in [-0.1, -0.05) is 56.7 Å². The van der Waals surface area contributed by atoms with Crippen LogP contribution in [0.4, 0.5) is 5.13 Å². The van der Waals surface area contributed by atoms with E-state index in [-0.39, 0.29) is 0 Å². The standard InChI is InChI=1S/C19H26N2OS2.C4H10/c1-8-15(10-11-16(9-2)22-7)20-19-21-17(12-23-19)18(13(3)4)24-14(5)6;1-3-4-2/h8-12H,5H2,1-4,6-7H3,(H,20,21);3-4H2,1-2H3/b11-10-,15-8-,16-9+;. The van der Waals surface area contributed by atoms with Crippen LogP contribution in [-0.2, 0) is 4.74 Å². The van der Waals surface area contributed by atoms with Crippen molar-refractivity contribution in [2.45, 2.75) is 61.3 Å². The molecule has 5 heteroatoms. The van der Waals surface area contributed by atoms with E-state index in [1.165, 1.54) is 23.3 Å². The maximum Gasteiger partial charge on any atom is 0.187 e. The first-order valence-corrected chi connectivity index (χ1v) is 11.3. The first-order valence-electron chi connectivity index (χ1n) is 9.61. The fourth-order valence-corrected chi connectivity index (χ4v) is 3.37. The molecular formula is C23H36N2OS2. The predicted octanol–water partition coefficient (Wildman–Crippen LogP) is 8.39. The molecule has 1 aromatic heterocycles. The predicted molar refractivity (Wildman–Crippen MR) is 131 cm³/mol. The van der Waals surface area contributed by atoms with Crippen molar-refractivity contribution < 1.29 is 4.74 Å². The van der Waals surface area contributed by atoms with Gasteiger partial charge >= 0.3 is 0 Å². The Morgan fingerprint density at radius 2 is 1.82 bits per heavy atom. The van der Waals surface area contributed by atoms with E-state index in [0.717, 1.165) is 27.2 Å². The highest BCUT2D eigenvalue weighted by Gasteiger charge is 2.10. The summed E-state index contributed by atoms with van der Waals surface area (Å²) in [6.07, 6.45) is 10.5. The number of ether oxygens (including phenoxy) is 1. The van der Waals surface area contributed by atoms with Gasteiger partial charge in [0.1, 0.15) is 5.76 Å². The lowest BCUT2D eigenvalue weighted by molar-refractivity contribution is 0.306. The largest absolute Gasteiger partial charge is 0.497 e. The quantitative estimate of drug-likeness (QED) is 0.321. The Bertz CT molecular complexity index is 719. The number of rotatable bonds is 9. The number of hydrogen-bond donors (Lipinski definition) is 1. The Morgan fingerprint density at radius 3 is 2.25 bits per heavy atom. The Morgan fingerprint density at radius 1 is 1.18 bits per heavy atom. The van der Waals surface area contributed by atoms with Crippen LogP contribution in [0.25, 0.3) is 4.91 Å². The molecule has 0 unspecified atom stereocenters. The zero-order valence-corrected chi connectivity index (χ0v) is 20.3. The number of unbranched alkanes of at least 4 members (excludes halogenated alkanes) is 1. The van der Waals surface area contributed by atoms with Crippen molar-refractivity contribution in [2.24, 2.45) is 0 Å². The van der Waals surface area contributed by atoms with E-state index < -0.39 is 0 Å². The number of anilines is 1. The topological polar surface area (TPSA) is 34.1 Å². The Kier molecular flexibility index (Phi) is 14.3. The van der Waals surface area contributed by atoms with Crippen molar-refractivity contribution >= 4 is 33.1 Å². The molecule has 156 valence electrons. The Hall–Kier alpha value is -1.72. The summed E-state index contributed by atoms with van der Waals surface area (Å²) in [5.41, 5.74) is 3.20. The zero-order valence-electron chi connectivity index (χ0n) is 18.7. The Balaban J connectivity index is 0.00000165. The third kappa shape index (κ3) is 10.6. The first-order chi connectivity index (χ1) is 13.3. The number of allylic oxidation sites excluding steroid dienone is 6. The van der Waals surface area contributed by atoms with E-state index in [2.05, 4.69) is 45.0 Å². The number of methoxy groups -OCH3 is 1. The second-order valence-corrected chi connectivity index (χ2v) is 8.44. The lowest BCUT2D eigenvalue weighted by atomic mass is 10.3. The van der Waals surface area contributed by atoms with Gasteiger partial charge < -0.3 is 10.1 Å². The summed E-state index contributed by atoms with van der Waals surface area (Å²) in [7, 11) is 1.66. The molecule has 0 atom stereocenters. The van der Waals surface area contributed by atoms with Gasteiger partial charge in [0, 0.05) is 16.0 Å². The molecule has 0 saturated heterocycles. The molecule has 0 radical (unpaired) electrons. The van der Waals surface area contributed by atoms with E-state index in [1.807, 2.05) is 45.1 Å². The van der Waals surface area contributed by atoms with Crippen molar-refractivity contribution in [3.63, 3.8) is 0 Å². The molecule has 0 aliphatic rings. The average molecular weight is 421 g/mol. The molecule has 0 fully saturated rings. The van der Waals surface area contributed by atoms with Gasteiger partial charge in [-0.2, -0.15) is 0 Å². The average Bonchev–Trinajstić information content (AvgIpc) is 3.13.